The maximum absolute atomic E-state index is 13.4. The zero-order valence-electron chi connectivity index (χ0n) is 8.72. The van der Waals surface area contributed by atoms with E-state index in [1.165, 1.54) is 0 Å². The number of benzene rings is 1. The van der Waals surface area contributed by atoms with Gasteiger partial charge in [0.25, 0.3) is 0 Å². The van der Waals surface area contributed by atoms with Crippen molar-refractivity contribution in [1.82, 2.24) is 0 Å². The summed E-state index contributed by atoms with van der Waals surface area (Å²) < 4.78 is 31.7. The zero-order chi connectivity index (χ0) is 10.8. The maximum Gasteiger partial charge on any atom is 0.200 e. The van der Waals surface area contributed by atoms with Crippen LogP contribution in [-0.4, -0.2) is 6.61 Å². The van der Waals surface area contributed by atoms with Gasteiger partial charge in [-0.25, -0.2) is 4.39 Å². The summed E-state index contributed by atoms with van der Waals surface area (Å²) >= 11 is 0. The van der Waals surface area contributed by atoms with Gasteiger partial charge in [0.2, 0.25) is 5.82 Å². The number of hydrogen-bond acceptors (Lipinski definition) is 1. The van der Waals surface area contributed by atoms with E-state index in [0.717, 1.165) is 24.5 Å². The Morgan fingerprint density at radius 1 is 1.33 bits per heavy atom. The van der Waals surface area contributed by atoms with Crippen LogP contribution in [0.2, 0.25) is 0 Å². The second kappa shape index (κ2) is 4.17. The van der Waals surface area contributed by atoms with Crippen LogP contribution in [0.4, 0.5) is 8.78 Å². The van der Waals surface area contributed by atoms with Crippen molar-refractivity contribution in [3.63, 3.8) is 0 Å². The van der Waals surface area contributed by atoms with E-state index in [4.69, 9.17) is 4.74 Å². The van der Waals surface area contributed by atoms with E-state index in [9.17, 15) is 8.78 Å². The fourth-order valence-corrected chi connectivity index (χ4v) is 1.49. The first kappa shape index (κ1) is 10.4. The van der Waals surface area contributed by atoms with Crippen molar-refractivity contribution in [1.29, 1.82) is 0 Å². The second-order valence-electron chi connectivity index (χ2n) is 3.96. The fourth-order valence-electron chi connectivity index (χ4n) is 1.49. The summed E-state index contributed by atoms with van der Waals surface area (Å²) in [6.45, 7) is 2.41. The van der Waals surface area contributed by atoms with E-state index in [1.807, 2.05) is 6.92 Å². The minimum atomic E-state index is -0.852. The Hall–Kier alpha value is -1.12. The number of aryl methyl sites for hydroxylation is 1. The first-order valence-corrected chi connectivity index (χ1v) is 5.32. The molecule has 15 heavy (non-hydrogen) atoms. The summed E-state index contributed by atoms with van der Waals surface area (Å²) in [6, 6.07) is 2.73. The van der Waals surface area contributed by atoms with Crippen molar-refractivity contribution < 1.29 is 13.5 Å². The van der Waals surface area contributed by atoms with Crippen LogP contribution in [0.25, 0.3) is 0 Å². The summed E-state index contributed by atoms with van der Waals surface area (Å²) in [5, 5.41) is 0. The molecule has 0 spiro atoms. The van der Waals surface area contributed by atoms with Crippen LogP contribution in [0, 0.1) is 17.6 Å². The minimum Gasteiger partial charge on any atom is -0.490 e. The number of hydrogen-bond donors (Lipinski definition) is 0. The van der Waals surface area contributed by atoms with Crippen LogP contribution >= 0.6 is 0 Å². The molecule has 0 amide bonds. The Morgan fingerprint density at radius 2 is 2.07 bits per heavy atom. The topological polar surface area (TPSA) is 9.23 Å². The minimum absolute atomic E-state index is 0.101. The third-order valence-electron chi connectivity index (χ3n) is 2.67. The van der Waals surface area contributed by atoms with Crippen molar-refractivity contribution in [2.24, 2.45) is 5.92 Å². The molecular formula is C12H14F2O. The predicted octanol–water partition coefficient (Wildman–Crippen LogP) is 3.32. The van der Waals surface area contributed by atoms with Crippen LogP contribution in [0.15, 0.2) is 12.1 Å². The highest BCUT2D eigenvalue weighted by molar-refractivity contribution is 5.35. The summed E-state index contributed by atoms with van der Waals surface area (Å²) in [4.78, 5) is 0. The van der Waals surface area contributed by atoms with Crippen LogP contribution in [0.5, 0.6) is 5.75 Å². The normalized spacial score (nSPS) is 15.4. The van der Waals surface area contributed by atoms with E-state index >= 15 is 0 Å². The quantitative estimate of drug-likeness (QED) is 0.744. The van der Waals surface area contributed by atoms with Gasteiger partial charge in [0.15, 0.2) is 11.6 Å². The van der Waals surface area contributed by atoms with Crippen molar-refractivity contribution in [2.75, 3.05) is 6.61 Å². The average molecular weight is 212 g/mol. The molecule has 3 heteroatoms. The lowest BCUT2D eigenvalue weighted by atomic mass is 10.1. The van der Waals surface area contributed by atoms with Gasteiger partial charge in [-0.2, -0.15) is 4.39 Å². The lowest BCUT2D eigenvalue weighted by Gasteiger charge is -2.11. The molecule has 0 radical (unpaired) electrons. The SMILES string of the molecule is CCc1ccc(F)c(F)c1OCC1CC1. The van der Waals surface area contributed by atoms with Crippen molar-refractivity contribution in [3.05, 3.63) is 29.3 Å². The first-order valence-electron chi connectivity index (χ1n) is 5.32. The molecule has 1 saturated carbocycles. The molecule has 1 fully saturated rings. The van der Waals surface area contributed by atoms with Gasteiger partial charge in [-0.3, -0.25) is 0 Å². The molecule has 0 aromatic heterocycles. The van der Waals surface area contributed by atoms with Crippen LogP contribution in [-0.2, 0) is 6.42 Å². The number of halogens is 2. The average Bonchev–Trinajstić information content (AvgIpc) is 3.04. The lowest BCUT2D eigenvalue weighted by Crippen LogP contribution is -2.05. The van der Waals surface area contributed by atoms with Gasteiger partial charge in [0, 0.05) is 0 Å². The standard InChI is InChI=1S/C12H14F2O/c1-2-9-5-6-10(13)11(14)12(9)15-7-8-3-4-8/h5-6,8H,2-4,7H2,1H3. The molecule has 1 aromatic carbocycles. The molecule has 0 aliphatic heterocycles. The molecule has 1 aliphatic carbocycles. The van der Waals surface area contributed by atoms with Gasteiger partial charge in [-0.15, -0.1) is 0 Å². The lowest BCUT2D eigenvalue weighted by molar-refractivity contribution is 0.277. The van der Waals surface area contributed by atoms with Crippen LogP contribution < -0.4 is 4.74 Å². The molecule has 0 atom stereocenters. The fraction of sp³-hybridized carbons (Fsp3) is 0.500. The van der Waals surface area contributed by atoms with Crippen LogP contribution in [0.3, 0.4) is 0 Å². The van der Waals surface area contributed by atoms with E-state index in [0.29, 0.717) is 18.9 Å². The first-order chi connectivity index (χ1) is 7.22. The maximum atomic E-state index is 13.4. The Morgan fingerprint density at radius 3 is 2.67 bits per heavy atom. The predicted molar refractivity (Wildman–Crippen MR) is 54.0 cm³/mol. The Kier molecular flexibility index (Phi) is 2.89. The third kappa shape index (κ3) is 2.28. The van der Waals surface area contributed by atoms with E-state index in [-0.39, 0.29) is 5.75 Å². The van der Waals surface area contributed by atoms with Gasteiger partial charge < -0.3 is 4.74 Å². The Bertz CT molecular complexity index is 359. The largest absolute Gasteiger partial charge is 0.490 e. The zero-order valence-corrected chi connectivity index (χ0v) is 8.72. The van der Waals surface area contributed by atoms with E-state index < -0.39 is 11.6 Å². The third-order valence-corrected chi connectivity index (χ3v) is 2.67. The molecule has 1 aliphatic rings. The Labute approximate surface area is 88.1 Å². The summed E-state index contributed by atoms with van der Waals surface area (Å²) in [5.74, 6) is -1.05. The van der Waals surface area contributed by atoms with E-state index in [2.05, 4.69) is 0 Å². The molecule has 2 rings (SSSR count). The van der Waals surface area contributed by atoms with Crippen molar-refractivity contribution in [3.8, 4) is 5.75 Å². The summed E-state index contributed by atoms with van der Waals surface area (Å²) in [5.41, 5.74) is 0.731. The van der Waals surface area contributed by atoms with Gasteiger partial charge in [0.05, 0.1) is 6.61 Å². The number of rotatable bonds is 4. The highest BCUT2D eigenvalue weighted by atomic mass is 19.2. The molecule has 1 aromatic rings. The molecule has 0 saturated heterocycles. The highest BCUT2D eigenvalue weighted by Crippen LogP contribution is 2.32. The van der Waals surface area contributed by atoms with Gasteiger partial charge >= 0.3 is 0 Å². The molecule has 0 unspecified atom stereocenters. The van der Waals surface area contributed by atoms with Crippen LogP contribution in [0.1, 0.15) is 25.3 Å². The second-order valence-corrected chi connectivity index (χ2v) is 3.96. The summed E-state index contributed by atoms with van der Waals surface area (Å²) in [7, 11) is 0. The molecule has 0 heterocycles. The molecule has 82 valence electrons. The van der Waals surface area contributed by atoms with Gasteiger partial charge in [-0.1, -0.05) is 13.0 Å². The van der Waals surface area contributed by atoms with Crippen molar-refractivity contribution in [2.45, 2.75) is 26.2 Å². The van der Waals surface area contributed by atoms with Gasteiger partial charge in [-0.05, 0) is 36.8 Å². The summed E-state index contributed by atoms with van der Waals surface area (Å²) in [6.07, 6.45) is 2.92. The molecular weight excluding hydrogens is 198 g/mol. The smallest absolute Gasteiger partial charge is 0.200 e. The highest BCUT2D eigenvalue weighted by Gasteiger charge is 2.23. The monoisotopic (exact) mass is 212 g/mol. The Balaban J connectivity index is 2.19. The molecule has 1 nitrogen and oxygen atoms in total. The number of ether oxygens (including phenoxy) is 1. The van der Waals surface area contributed by atoms with Crippen molar-refractivity contribution >= 4 is 0 Å². The van der Waals surface area contributed by atoms with E-state index in [1.54, 1.807) is 6.07 Å². The molecule has 0 N–H and O–H groups in total. The molecule has 0 bridgehead atoms. The van der Waals surface area contributed by atoms with Gasteiger partial charge in [0.1, 0.15) is 0 Å².